The Morgan fingerprint density at radius 2 is 1.59 bits per heavy atom. The summed E-state index contributed by atoms with van der Waals surface area (Å²) in [6.45, 7) is 1.63. The maximum Gasteiger partial charge on any atom is 0.163 e. The molecule has 0 saturated heterocycles. The van der Waals surface area contributed by atoms with E-state index < -0.39 is 0 Å². The molecule has 0 bridgehead atoms. The van der Waals surface area contributed by atoms with Crippen molar-refractivity contribution in [1.29, 1.82) is 0 Å². The van der Waals surface area contributed by atoms with Gasteiger partial charge in [0.2, 0.25) is 0 Å². The molecule has 0 fully saturated rings. The summed E-state index contributed by atoms with van der Waals surface area (Å²) in [6.07, 6.45) is 5.65. The van der Waals surface area contributed by atoms with Crippen molar-refractivity contribution in [2.45, 2.75) is 20.0 Å². The van der Waals surface area contributed by atoms with Crippen LogP contribution in [0.1, 0.15) is 28.7 Å². The molecule has 0 aliphatic heterocycles. The van der Waals surface area contributed by atoms with Crippen LogP contribution in [0.3, 0.4) is 0 Å². The molecule has 0 aliphatic carbocycles. The van der Waals surface area contributed by atoms with Crippen LogP contribution < -0.4 is 4.74 Å². The van der Waals surface area contributed by atoms with Gasteiger partial charge in [0.1, 0.15) is 11.5 Å². The van der Waals surface area contributed by atoms with Gasteiger partial charge in [-0.3, -0.25) is 9.59 Å². The zero-order valence-electron chi connectivity index (χ0n) is 15.3. The first-order valence-corrected chi connectivity index (χ1v) is 8.42. The first kappa shape index (κ1) is 20.1. The van der Waals surface area contributed by atoms with Gasteiger partial charge in [0.05, 0.1) is 20.1 Å². The summed E-state index contributed by atoms with van der Waals surface area (Å²) in [5.74, 6) is 0.101. The predicted octanol–water partition coefficient (Wildman–Crippen LogP) is 3.46. The molecule has 27 heavy (non-hydrogen) atoms. The number of rotatable bonds is 8. The van der Waals surface area contributed by atoms with Crippen LogP contribution in [0.5, 0.6) is 11.5 Å². The molecule has 0 heterocycles. The fourth-order valence-corrected chi connectivity index (χ4v) is 2.44. The van der Waals surface area contributed by atoms with E-state index in [2.05, 4.69) is 0 Å². The van der Waals surface area contributed by atoms with Gasteiger partial charge >= 0.3 is 0 Å². The number of hydrogen-bond donors (Lipinski definition) is 2. The highest BCUT2D eigenvalue weighted by Crippen LogP contribution is 2.20. The first-order valence-electron chi connectivity index (χ1n) is 8.42. The number of aryl methyl sites for hydroxylation is 1. The lowest BCUT2D eigenvalue weighted by atomic mass is 10.1. The van der Waals surface area contributed by atoms with Crippen molar-refractivity contribution < 1.29 is 24.5 Å². The van der Waals surface area contributed by atoms with Gasteiger partial charge in [-0.15, -0.1) is 0 Å². The number of aliphatic hydroxyl groups is 1. The molecule has 0 radical (unpaired) electrons. The van der Waals surface area contributed by atoms with Crippen molar-refractivity contribution >= 4 is 23.7 Å². The fourth-order valence-electron chi connectivity index (χ4n) is 2.44. The monoisotopic (exact) mass is 366 g/mol. The topological polar surface area (TPSA) is 83.8 Å². The molecule has 5 heteroatoms. The van der Waals surface area contributed by atoms with Crippen molar-refractivity contribution in [2.75, 3.05) is 7.11 Å². The van der Waals surface area contributed by atoms with Gasteiger partial charge in [-0.05, 0) is 54.0 Å². The van der Waals surface area contributed by atoms with Gasteiger partial charge in [-0.2, -0.15) is 0 Å². The minimum Gasteiger partial charge on any atom is -0.508 e. The number of allylic oxidation sites excluding steroid dienone is 2. The van der Waals surface area contributed by atoms with E-state index in [1.807, 2.05) is 25.1 Å². The summed E-state index contributed by atoms with van der Waals surface area (Å²) in [4.78, 5) is 23.9. The van der Waals surface area contributed by atoms with Crippen LogP contribution in [-0.4, -0.2) is 28.9 Å². The molecule has 140 valence electrons. The minimum absolute atomic E-state index is 0.00553. The van der Waals surface area contributed by atoms with E-state index in [4.69, 9.17) is 9.84 Å². The standard InChI is InChI=1S/C22H22O5/c1-15-3-4-17(12-22(15)27-2)6-9-20(25)13-19(24)8-5-16-7-10-21(26)18(11-16)14-23/h3-12,23,26H,13-14H2,1-2H3/b8-5+,9-6+. The van der Waals surface area contributed by atoms with E-state index in [0.717, 1.165) is 16.9 Å². The van der Waals surface area contributed by atoms with Crippen LogP contribution in [-0.2, 0) is 16.2 Å². The van der Waals surface area contributed by atoms with Crippen molar-refractivity contribution in [2.24, 2.45) is 0 Å². The number of aromatic hydroxyl groups is 1. The Labute approximate surface area is 158 Å². The molecule has 5 nitrogen and oxygen atoms in total. The number of ether oxygens (including phenoxy) is 1. The van der Waals surface area contributed by atoms with Gasteiger partial charge in [0, 0.05) is 5.56 Å². The normalized spacial score (nSPS) is 11.2. The molecular weight excluding hydrogens is 344 g/mol. The second kappa shape index (κ2) is 9.50. The minimum atomic E-state index is -0.329. The molecule has 0 atom stereocenters. The van der Waals surface area contributed by atoms with Crippen LogP contribution in [0.2, 0.25) is 0 Å². The molecule has 2 aromatic rings. The molecular formula is C22H22O5. The maximum absolute atomic E-state index is 12.0. The number of carbonyl (C=O) groups is 2. The van der Waals surface area contributed by atoms with Gasteiger partial charge in [0.25, 0.3) is 0 Å². The average molecular weight is 366 g/mol. The summed E-state index contributed by atoms with van der Waals surface area (Å²) in [5, 5.41) is 18.7. The second-order valence-electron chi connectivity index (χ2n) is 6.05. The zero-order valence-corrected chi connectivity index (χ0v) is 15.3. The quantitative estimate of drug-likeness (QED) is 0.552. The Balaban J connectivity index is 1.96. The highest BCUT2D eigenvalue weighted by atomic mass is 16.5. The molecule has 2 rings (SSSR count). The number of ketones is 2. The molecule has 0 spiro atoms. The third kappa shape index (κ3) is 5.94. The van der Waals surface area contributed by atoms with Crippen molar-refractivity contribution in [1.82, 2.24) is 0 Å². The SMILES string of the molecule is COc1cc(/C=C/C(=O)CC(=O)/C=C/c2ccc(O)c(CO)c2)ccc1C. The molecule has 0 aromatic heterocycles. The highest BCUT2D eigenvalue weighted by molar-refractivity contribution is 6.10. The van der Waals surface area contributed by atoms with Gasteiger partial charge in [0.15, 0.2) is 11.6 Å². The molecule has 0 amide bonds. The van der Waals surface area contributed by atoms with E-state index in [1.54, 1.807) is 31.4 Å². The number of carbonyl (C=O) groups excluding carboxylic acids is 2. The molecule has 0 saturated carbocycles. The van der Waals surface area contributed by atoms with Crippen molar-refractivity contribution in [3.05, 3.63) is 70.8 Å². The van der Waals surface area contributed by atoms with E-state index in [0.29, 0.717) is 11.1 Å². The summed E-state index contributed by atoms with van der Waals surface area (Å²) < 4.78 is 5.24. The van der Waals surface area contributed by atoms with Crippen LogP contribution in [0.4, 0.5) is 0 Å². The third-order valence-corrected chi connectivity index (χ3v) is 3.98. The summed E-state index contributed by atoms with van der Waals surface area (Å²) in [7, 11) is 1.59. The summed E-state index contributed by atoms with van der Waals surface area (Å²) >= 11 is 0. The lowest BCUT2D eigenvalue weighted by Crippen LogP contribution is -2.02. The summed E-state index contributed by atoms with van der Waals surface area (Å²) in [5.41, 5.74) is 2.84. The third-order valence-electron chi connectivity index (χ3n) is 3.98. The zero-order chi connectivity index (χ0) is 19.8. The van der Waals surface area contributed by atoms with Gasteiger partial charge < -0.3 is 14.9 Å². The summed E-state index contributed by atoms with van der Waals surface area (Å²) in [6, 6.07) is 10.2. The number of aliphatic hydroxyl groups excluding tert-OH is 1. The molecule has 0 aliphatic rings. The van der Waals surface area contributed by atoms with E-state index in [1.165, 1.54) is 18.2 Å². The second-order valence-corrected chi connectivity index (χ2v) is 6.05. The maximum atomic E-state index is 12.0. The molecule has 2 N–H and O–H groups in total. The molecule has 0 unspecified atom stereocenters. The Kier molecular flexibility index (Phi) is 7.08. The highest BCUT2D eigenvalue weighted by Gasteiger charge is 2.05. The van der Waals surface area contributed by atoms with Crippen LogP contribution in [0.25, 0.3) is 12.2 Å². The van der Waals surface area contributed by atoms with Crippen LogP contribution >= 0.6 is 0 Å². The van der Waals surface area contributed by atoms with Crippen LogP contribution in [0.15, 0.2) is 48.6 Å². The first-order chi connectivity index (χ1) is 12.9. The smallest absolute Gasteiger partial charge is 0.163 e. The predicted molar refractivity (Wildman–Crippen MR) is 104 cm³/mol. The molecule has 2 aromatic carbocycles. The number of benzene rings is 2. The Morgan fingerprint density at radius 1 is 1.00 bits per heavy atom. The Hall–Kier alpha value is -3.18. The van der Waals surface area contributed by atoms with Crippen molar-refractivity contribution in [3.63, 3.8) is 0 Å². The number of methoxy groups -OCH3 is 1. The number of hydrogen-bond acceptors (Lipinski definition) is 5. The van der Waals surface area contributed by atoms with Gasteiger partial charge in [-0.25, -0.2) is 0 Å². The van der Waals surface area contributed by atoms with Crippen molar-refractivity contribution in [3.8, 4) is 11.5 Å². The number of phenols is 1. The van der Waals surface area contributed by atoms with E-state index in [-0.39, 0.29) is 30.3 Å². The van der Waals surface area contributed by atoms with E-state index >= 15 is 0 Å². The van der Waals surface area contributed by atoms with E-state index in [9.17, 15) is 14.7 Å². The van der Waals surface area contributed by atoms with Crippen LogP contribution in [0, 0.1) is 6.92 Å². The lowest BCUT2D eigenvalue weighted by Gasteiger charge is -2.04. The largest absolute Gasteiger partial charge is 0.508 e. The lowest BCUT2D eigenvalue weighted by molar-refractivity contribution is -0.121. The average Bonchev–Trinajstić information content (AvgIpc) is 2.66. The Bertz CT molecular complexity index is 820. The van der Waals surface area contributed by atoms with Gasteiger partial charge in [-0.1, -0.05) is 30.4 Å². The fraction of sp³-hybridized carbons (Fsp3) is 0.182. The Morgan fingerprint density at radius 3 is 2.19 bits per heavy atom.